The van der Waals surface area contributed by atoms with Gasteiger partial charge in [-0.1, -0.05) is 6.58 Å². The van der Waals surface area contributed by atoms with E-state index in [4.69, 9.17) is 0 Å². The number of thiophene rings is 2. The molecule has 0 saturated heterocycles. The molecule has 5 heteroatoms. The number of aromatic nitrogens is 1. The van der Waals surface area contributed by atoms with E-state index in [2.05, 4.69) is 16.6 Å². The van der Waals surface area contributed by atoms with Gasteiger partial charge in [0.25, 0.3) is 0 Å². The van der Waals surface area contributed by atoms with Gasteiger partial charge in [-0.25, -0.2) is 4.99 Å². The number of rotatable bonds is 2. The predicted octanol–water partition coefficient (Wildman–Crippen LogP) is 4.33. The minimum Gasteiger partial charge on any atom is -0.494 e. The maximum absolute atomic E-state index is 10.3. The number of hydrogen-bond acceptors (Lipinski definition) is 4. The van der Waals surface area contributed by atoms with Crippen LogP contribution in [0, 0.1) is 0 Å². The van der Waals surface area contributed by atoms with Gasteiger partial charge in [0.1, 0.15) is 0 Å². The second kappa shape index (κ2) is 4.19. The van der Waals surface area contributed by atoms with Gasteiger partial charge in [-0.3, -0.25) is 0 Å². The van der Waals surface area contributed by atoms with Crippen molar-refractivity contribution in [3.05, 3.63) is 56.9 Å². The van der Waals surface area contributed by atoms with E-state index in [1.165, 1.54) is 0 Å². The van der Waals surface area contributed by atoms with E-state index in [1.807, 2.05) is 33.7 Å². The molecule has 98 valence electrons. The third-order valence-corrected chi connectivity index (χ3v) is 4.72. The fraction of sp³-hybridized carbons (Fsp3) is 0. The zero-order valence-corrected chi connectivity index (χ0v) is 12.0. The molecule has 0 saturated carbocycles. The summed E-state index contributed by atoms with van der Waals surface area (Å²) in [7, 11) is 0. The summed E-state index contributed by atoms with van der Waals surface area (Å²) in [6, 6.07) is 4.02. The van der Waals surface area contributed by atoms with Crippen LogP contribution in [0.2, 0.25) is 0 Å². The Morgan fingerprint density at radius 2 is 1.75 bits per heavy atom. The summed E-state index contributed by atoms with van der Waals surface area (Å²) in [6.45, 7) is 4.03. The molecule has 0 aliphatic carbocycles. The fourth-order valence-corrected chi connectivity index (χ4v) is 3.77. The van der Waals surface area contributed by atoms with Crippen LogP contribution < -0.4 is 0 Å². The first kappa shape index (κ1) is 11.7. The van der Waals surface area contributed by atoms with Crippen LogP contribution >= 0.6 is 22.7 Å². The Bertz CT molecular complexity index is 824. The minimum atomic E-state index is 0.157. The van der Waals surface area contributed by atoms with E-state index in [1.54, 1.807) is 22.7 Å². The van der Waals surface area contributed by atoms with Gasteiger partial charge in [0.2, 0.25) is 0 Å². The topological polar surface area (TPSA) is 48.4 Å². The van der Waals surface area contributed by atoms with Crippen molar-refractivity contribution in [3.63, 3.8) is 0 Å². The zero-order valence-electron chi connectivity index (χ0n) is 10.4. The number of hydrogen-bond donors (Lipinski definition) is 2. The molecule has 4 rings (SSSR count). The summed E-state index contributed by atoms with van der Waals surface area (Å²) in [4.78, 5) is 7.61. The number of aliphatic imine (C=N–C) groups is 1. The summed E-state index contributed by atoms with van der Waals surface area (Å²) in [5.41, 5.74) is 6.10. The highest BCUT2D eigenvalue weighted by atomic mass is 32.1. The Morgan fingerprint density at radius 1 is 1.05 bits per heavy atom. The van der Waals surface area contributed by atoms with Crippen molar-refractivity contribution in [3.8, 4) is 17.1 Å². The maximum Gasteiger partial charge on any atom is 0.199 e. The SMILES string of the molecule is C=C1N=C(c2ccsc2)c2c(O)[nH]c(-c3ccsc3)c21. The van der Waals surface area contributed by atoms with Crippen LogP contribution in [-0.2, 0) is 0 Å². The van der Waals surface area contributed by atoms with Crippen LogP contribution in [0.15, 0.2) is 45.2 Å². The molecule has 0 bridgehead atoms. The molecule has 1 aliphatic rings. The van der Waals surface area contributed by atoms with Gasteiger partial charge in [-0.15, -0.1) is 0 Å². The summed E-state index contributed by atoms with van der Waals surface area (Å²) in [6.07, 6.45) is 0. The monoisotopic (exact) mass is 298 g/mol. The molecule has 0 radical (unpaired) electrons. The molecule has 0 spiro atoms. The number of aromatic amines is 1. The Morgan fingerprint density at radius 3 is 2.40 bits per heavy atom. The van der Waals surface area contributed by atoms with Gasteiger partial charge >= 0.3 is 0 Å². The van der Waals surface area contributed by atoms with Gasteiger partial charge in [-0.2, -0.15) is 22.7 Å². The van der Waals surface area contributed by atoms with Crippen molar-refractivity contribution in [2.75, 3.05) is 0 Å². The third-order valence-electron chi connectivity index (χ3n) is 3.36. The molecular weight excluding hydrogens is 288 g/mol. The minimum absolute atomic E-state index is 0.157. The molecule has 3 nitrogen and oxygen atoms in total. The number of nitrogens with zero attached hydrogens (tertiary/aromatic N) is 1. The zero-order chi connectivity index (χ0) is 13.7. The van der Waals surface area contributed by atoms with Crippen LogP contribution in [0.4, 0.5) is 0 Å². The lowest BCUT2D eigenvalue weighted by atomic mass is 10.0. The lowest BCUT2D eigenvalue weighted by Crippen LogP contribution is -1.97. The largest absolute Gasteiger partial charge is 0.494 e. The number of aromatic hydroxyl groups is 1. The first-order chi connectivity index (χ1) is 9.75. The standard InChI is InChI=1S/C15H10N2OS2/c1-8-11-12(14(16-8)10-3-5-20-7-10)15(18)17-13(11)9-2-4-19-6-9/h2-7,17-18H,1H2. The normalized spacial score (nSPS) is 13.6. The highest BCUT2D eigenvalue weighted by Crippen LogP contribution is 2.42. The summed E-state index contributed by atoms with van der Waals surface area (Å²) in [5.74, 6) is 0.157. The van der Waals surface area contributed by atoms with E-state index >= 15 is 0 Å². The average molecular weight is 298 g/mol. The summed E-state index contributed by atoms with van der Waals surface area (Å²) >= 11 is 3.23. The molecule has 0 atom stereocenters. The molecule has 0 fully saturated rings. The second-order valence-corrected chi connectivity index (χ2v) is 6.09. The molecule has 0 aromatic carbocycles. The van der Waals surface area contributed by atoms with E-state index in [9.17, 15) is 5.11 Å². The van der Waals surface area contributed by atoms with Gasteiger partial charge < -0.3 is 10.1 Å². The predicted molar refractivity (Wildman–Crippen MR) is 84.8 cm³/mol. The van der Waals surface area contributed by atoms with E-state index < -0.39 is 0 Å². The van der Waals surface area contributed by atoms with E-state index in [0.29, 0.717) is 5.70 Å². The third kappa shape index (κ3) is 1.54. The quantitative estimate of drug-likeness (QED) is 0.726. The number of fused-ring (bicyclic) bond motifs is 1. The second-order valence-electron chi connectivity index (χ2n) is 4.53. The van der Waals surface area contributed by atoms with Gasteiger partial charge in [0.15, 0.2) is 5.88 Å². The van der Waals surface area contributed by atoms with Gasteiger partial charge in [-0.05, 0) is 22.9 Å². The van der Waals surface area contributed by atoms with Crippen molar-refractivity contribution < 1.29 is 5.11 Å². The highest BCUT2D eigenvalue weighted by molar-refractivity contribution is 7.08. The molecular formula is C15H10N2OS2. The fourth-order valence-electron chi connectivity index (χ4n) is 2.48. The van der Waals surface area contributed by atoms with Crippen LogP contribution in [0.3, 0.4) is 0 Å². The lowest BCUT2D eigenvalue weighted by Gasteiger charge is -1.97. The molecule has 3 aromatic rings. The Hall–Kier alpha value is -2.11. The maximum atomic E-state index is 10.3. The smallest absolute Gasteiger partial charge is 0.199 e. The molecule has 20 heavy (non-hydrogen) atoms. The first-order valence-corrected chi connectivity index (χ1v) is 7.92. The van der Waals surface area contributed by atoms with Crippen molar-refractivity contribution in [1.82, 2.24) is 4.98 Å². The van der Waals surface area contributed by atoms with Crippen LogP contribution in [0.25, 0.3) is 17.0 Å². The first-order valence-electron chi connectivity index (χ1n) is 6.04. The van der Waals surface area contributed by atoms with Crippen LogP contribution in [0.1, 0.15) is 16.7 Å². The molecule has 0 unspecified atom stereocenters. The number of H-pyrrole nitrogens is 1. The van der Waals surface area contributed by atoms with Crippen molar-refractivity contribution in [2.45, 2.75) is 0 Å². The molecule has 3 aromatic heterocycles. The van der Waals surface area contributed by atoms with Crippen molar-refractivity contribution >= 4 is 34.1 Å². The molecule has 0 amide bonds. The summed E-state index contributed by atoms with van der Waals surface area (Å²) in [5, 5.41) is 18.4. The van der Waals surface area contributed by atoms with E-state index in [-0.39, 0.29) is 5.88 Å². The molecule has 4 heterocycles. The van der Waals surface area contributed by atoms with Crippen molar-refractivity contribution in [2.24, 2.45) is 4.99 Å². The Kier molecular flexibility index (Phi) is 2.45. The van der Waals surface area contributed by atoms with Gasteiger partial charge in [0, 0.05) is 27.5 Å². The summed E-state index contributed by atoms with van der Waals surface area (Å²) < 4.78 is 0. The lowest BCUT2D eigenvalue weighted by molar-refractivity contribution is 0.456. The molecule has 1 aliphatic heterocycles. The highest BCUT2D eigenvalue weighted by Gasteiger charge is 2.30. The Balaban J connectivity index is 1.95. The number of nitrogens with one attached hydrogen (secondary N) is 1. The van der Waals surface area contributed by atoms with Crippen molar-refractivity contribution in [1.29, 1.82) is 0 Å². The molecule has 2 N–H and O–H groups in total. The van der Waals surface area contributed by atoms with Crippen LogP contribution in [0.5, 0.6) is 5.88 Å². The average Bonchev–Trinajstić information content (AvgIpc) is 3.17. The van der Waals surface area contributed by atoms with Gasteiger partial charge in [0.05, 0.1) is 22.7 Å². The van der Waals surface area contributed by atoms with Crippen LogP contribution in [-0.4, -0.2) is 15.8 Å². The van der Waals surface area contributed by atoms with E-state index in [0.717, 1.165) is 33.7 Å². The Labute approximate surface area is 123 Å².